The number of rotatable bonds is 5. The van der Waals surface area contributed by atoms with Crippen LogP contribution in [0.4, 0.5) is 0 Å². The van der Waals surface area contributed by atoms with E-state index in [2.05, 4.69) is 41.7 Å². The number of amides is 2. The molecule has 4 rings (SSSR count). The van der Waals surface area contributed by atoms with E-state index in [4.69, 9.17) is 0 Å². The zero-order valence-corrected chi connectivity index (χ0v) is 15.2. The van der Waals surface area contributed by atoms with E-state index < -0.39 is 0 Å². The Labute approximate surface area is 154 Å². The Bertz CT molecular complexity index is 821. The zero-order chi connectivity index (χ0) is 18.0. The Morgan fingerprint density at radius 1 is 1.08 bits per heavy atom. The molecule has 136 valence electrons. The van der Waals surface area contributed by atoms with Gasteiger partial charge >= 0.3 is 0 Å². The van der Waals surface area contributed by atoms with Gasteiger partial charge in [0.15, 0.2) is 0 Å². The van der Waals surface area contributed by atoms with Crippen LogP contribution in [0.15, 0.2) is 42.5 Å². The van der Waals surface area contributed by atoms with Gasteiger partial charge in [-0.3, -0.25) is 9.59 Å². The number of carbonyl (C=O) groups excluding carboxylic acids is 2. The number of nitrogens with zero attached hydrogens (tertiary/aromatic N) is 1. The Morgan fingerprint density at radius 3 is 2.62 bits per heavy atom. The van der Waals surface area contributed by atoms with Crippen LogP contribution in [0.25, 0.3) is 10.8 Å². The summed E-state index contributed by atoms with van der Waals surface area (Å²) in [5.41, 5.74) is 0.954. The van der Waals surface area contributed by atoms with Crippen LogP contribution < -0.4 is 5.32 Å². The largest absolute Gasteiger partial charge is 0.350 e. The molecule has 2 aromatic rings. The van der Waals surface area contributed by atoms with Crippen molar-refractivity contribution in [3.05, 3.63) is 48.0 Å². The number of nitrogens with one attached hydrogen (secondary N) is 1. The quantitative estimate of drug-likeness (QED) is 0.898. The SMILES string of the molecule is O=C1CC[C@@](CCC(=O)N2CCCC2)(Cc2cccc3ccccc23)N1. The molecule has 2 fully saturated rings. The monoisotopic (exact) mass is 350 g/mol. The van der Waals surface area contributed by atoms with E-state index in [9.17, 15) is 9.59 Å². The molecule has 2 saturated heterocycles. The van der Waals surface area contributed by atoms with Crippen LogP contribution in [0.1, 0.15) is 44.1 Å². The smallest absolute Gasteiger partial charge is 0.222 e. The van der Waals surface area contributed by atoms with Gasteiger partial charge in [0.05, 0.1) is 0 Å². The highest BCUT2D eigenvalue weighted by Gasteiger charge is 2.38. The highest BCUT2D eigenvalue weighted by atomic mass is 16.2. The van der Waals surface area contributed by atoms with E-state index in [1.54, 1.807) is 0 Å². The van der Waals surface area contributed by atoms with Crippen LogP contribution in [-0.4, -0.2) is 35.3 Å². The lowest BCUT2D eigenvalue weighted by molar-refractivity contribution is -0.130. The van der Waals surface area contributed by atoms with Gasteiger partial charge in [-0.2, -0.15) is 0 Å². The predicted octanol–water partition coefficient (Wildman–Crippen LogP) is 3.43. The van der Waals surface area contributed by atoms with Crippen LogP contribution in [0.2, 0.25) is 0 Å². The fourth-order valence-electron chi connectivity index (χ4n) is 4.46. The van der Waals surface area contributed by atoms with Gasteiger partial charge in [-0.15, -0.1) is 0 Å². The van der Waals surface area contributed by atoms with Crippen molar-refractivity contribution in [2.24, 2.45) is 0 Å². The number of hydrogen-bond donors (Lipinski definition) is 1. The first-order chi connectivity index (χ1) is 12.7. The Balaban J connectivity index is 1.54. The first-order valence-corrected chi connectivity index (χ1v) is 9.71. The molecule has 0 radical (unpaired) electrons. The second kappa shape index (κ2) is 7.10. The highest BCUT2D eigenvalue weighted by Crippen LogP contribution is 2.32. The molecule has 2 heterocycles. The summed E-state index contributed by atoms with van der Waals surface area (Å²) < 4.78 is 0. The van der Waals surface area contributed by atoms with Gasteiger partial charge in [-0.25, -0.2) is 0 Å². The fourth-order valence-corrected chi connectivity index (χ4v) is 4.46. The van der Waals surface area contributed by atoms with Crippen molar-refractivity contribution in [3.8, 4) is 0 Å². The number of fused-ring (bicyclic) bond motifs is 1. The lowest BCUT2D eigenvalue weighted by atomic mass is 9.83. The molecule has 0 saturated carbocycles. The van der Waals surface area contributed by atoms with Crippen LogP contribution in [0.3, 0.4) is 0 Å². The molecule has 0 spiro atoms. The molecular formula is C22H26N2O2. The summed E-state index contributed by atoms with van der Waals surface area (Å²) >= 11 is 0. The van der Waals surface area contributed by atoms with E-state index in [1.165, 1.54) is 16.3 Å². The second-order valence-electron chi connectivity index (χ2n) is 7.73. The highest BCUT2D eigenvalue weighted by molar-refractivity contribution is 5.86. The van der Waals surface area contributed by atoms with Crippen molar-refractivity contribution in [2.45, 2.75) is 50.5 Å². The van der Waals surface area contributed by atoms with E-state index in [0.717, 1.165) is 45.2 Å². The van der Waals surface area contributed by atoms with Crippen molar-refractivity contribution in [2.75, 3.05) is 13.1 Å². The van der Waals surface area contributed by atoms with E-state index >= 15 is 0 Å². The molecule has 0 unspecified atom stereocenters. The van der Waals surface area contributed by atoms with Gasteiger partial charge < -0.3 is 10.2 Å². The first-order valence-electron chi connectivity index (χ1n) is 9.71. The molecule has 2 aliphatic heterocycles. The van der Waals surface area contributed by atoms with Crippen molar-refractivity contribution in [3.63, 3.8) is 0 Å². The van der Waals surface area contributed by atoms with Crippen LogP contribution >= 0.6 is 0 Å². The Hall–Kier alpha value is -2.36. The molecule has 0 aromatic heterocycles. The van der Waals surface area contributed by atoms with Crippen LogP contribution in [0.5, 0.6) is 0 Å². The molecule has 0 aliphatic carbocycles. The Morgan fingerprint density at radius 2 is 1.85 bits per heavy atom. The topological polar surface area (TPSA) is 49.4 Å². The number of likely N-dealkylation sites (tertiary alicyclic amines) is 1. The third-order valence-corrected chi connectivity index (χ3v) is 5.92. The zero-order valence-electron chi connectivity index (χ0n) is 15.2. The maximum Gasteiger partial charge on any atom is 0.222 e. The fraction of sp³-hybridized carbons (Fsp3) is 0.455. The summed E-state index contributed by atoms with van der Waals surface area (Å²) in [6.45, 7) is 1.78. The van der Waals surface area contributed by atoms with Crippen molar-refractivity contribution >= 4 is 22.6 Å². The number of hydrogen-bond acceptors (Lipinski definition) is 2. The average molecular weight is 350 g/mol. The minimum absolute atomic E-state index is 0.110. The predicted molar refractivity (Wildman–Crippen MR) is 103 cm³/mol. The third kappa shape index (κ3) is 3.46. The molecular weight excluding hydrogens is 324 g/mol. The van der Waals surface area contributed by atoms with Crippen molar-refractivity contribution in [1.82, 2.24) is 10.2 Å². The van der Waals surface area contributed by atoms with Gasteiger partial charge in [0.25, 0.3) is 0 Å². The average Bonchev–Trinajstić information content (AvgIpc) is 3.31. The van der Waals surface area contributed by atoms with Crippen molar-refractivity contribution in [1.29, 1.82) is 0 Å². The minimum Gasteiger partial charge on any atom is -0.350 e. The third-order valence-electron chi connectivity index (χ3n) is 5.92. The second-order valence-corrected chi connectivity index (χ2v) is 7.73. The van der Waals surface area contributed by atoms with Crippen molar-refractivity contribution < 1.29 is 9.59 Å². The maximum absolute atomic E-state index is 12.5. The van der Waals surface area contributed by atoms with Gasteiger partial charge in [0.1, 0.15) is 0 Å². The summed E-state index contributed by atoms with van der Waals surface area (Å²) in [5, 5.41) is 5.67. The Kier molecular flexibility index (Phi) is 4.66. The number of carbonyl (C=O) groups is 2. The minimum atomic E-state index is -0.295. The maximum atomic E-state index is 12.5. The molecule has 4 nitrogen and oxygen atoms in total. The summed E-state index contributed by atoms with van der Waals surface area (Å²) in [5.74, 6) is 0.347. The van der Waals surface area contributed by atoms with Gasteiger partial charge in [0, 0.05) is 31.5 Å². The molecule has 2 aromatic carbocycles. The molecule has 1 N–H and O–H groups in total. The summed E-state index contributed by atoms with van der Waals surface area (Å²) in [6.07, 6.45) is 5.62. The molecule has 2 amide bonds. The molecule has 4 heteroatoms. The molecule has 1 atom stereocenters. The standard InChI is InChI=1S/C22H26N2O2/c25-20-10-12-22(23-20,13-11-21(26)24-14-3-4-15-24)16-18-8-5-7-17-6-1-2-9-19(17)18/h1-2,5-9H,3-4,10-16H2,(H,23,25)/t22-/m1/s1. The van der Waals surface area contributed by atoms with Gasteiger partial charge in [0.2, 0.25) is 11.8 Å². The van der Waals surface area contributed by atoms with Crippen LogP contribution in [0, 0.1) is 0 Å². The molecule has 0 bridgehead atoms. The summed E-state index contributed by atoms with van der Waals surface area (Å²) in [4.78, 5) is 26.5. The molecule has 26 heavy (non-hydrogen) atoms. The van der Waals surface area contributed by atoms with E-state index in [1.807, 2.05) is 11.0 Å². The van der Waals surface area contributed by atoms with Gasteiger partial charge in [-0.1, -0.05) is 42.5 Å². The van der Waals surface area contributed by atoms with Crippen LogP contribution in [-0.2, 0) is 16.0 Å². The van der Waals surface area contributed by atoms with E-state index in [-0.39, 0.29) is 17.4 Å². The summed E-state index contributed by atoms with van der Waals surface area (Å²) in [6, 6.07) is 14.7. The van der Waals surface area contributed by atoms with Gasteiger partial charge in [-0.05, 0) is 48.4 Å². The summed E-state index contributed by atoms with van der Waals surface area (Å²) in [7, 11) is 0. The first kappa shape index (κ1) is 17.1. The number of benzene rings is 2. The lowest BCUT2D eigenvalue weighted by Crippen LogP contribution is -2.44. The normalized spacial score (nSPS) is 22.8. The van der Waals surface area contributed by atoms with E-state index in [0.29, 0.717) is 12.8 Å². The lowest BCUT2D eigenvalue weighted by Gasteiger charge is -2.30. The molecule has 2 aliphatic rings.